The first-order valence-corrected chi connectivity index (χ1v) is 2.93. The molecule has 0 spiro atoms. The van der Waals surface area contributed by atoms with E-state index >= 15 is 0 Å². The molecule has 0 saturated heterocycles. The Morgan fingerprint density at radius 3 is 2.62 bits per heavy atom. The summed E-state index contributed by atoms with van der Waals surface area (Å²) >= 11 is 0. The van der Waals surface area contributed by atoms with Crippen molar-refractivity contribution in [1.29, 1.82) is 0 Å². The topological polar surface area (TPSA) is 17.1 Å². The summed E-state index contributed by atoms with van der Waals surface area (Å²) in [6.07, 6.45) is 5.86. The molecule has 0 aromatic heterocycles. The molecule has 1 heteroatoms. The molecule has 0 N–H and O–H groups in total. The molecule has 0 bridgehead atoms. The van der Waals surface area contributed by atoms with Crippen LogP contribution in [0.25, 0.3) is 0 Å². The Balaban J connectivity index is 3.35. The Bertz CT molecular complexity index is 84.4. The molecule has 0 heterocycles. The summed E-state index contributed by atoms with van der Waals surface area (Å²) in [5, 5.41) is 0. The van der Waals surface area contributed by atoms with Gasteiger partial charge in [-0.1, -0.05) is 26.0 Å². The van der Waals surface area contributed by atoms with Gasteiger partial charge in [0.25, 0.3) is 0 Å². The van der Waals surface area contributed by atoms with Crippen LogP contribution >= 0.6 is 0 Å². The summed E-state index contributed by atoms with van der Waals surface area (Å²) in [6.45, 7) is 3.92. The van der Waals surface area contributed by atoms with Crippen molar-refractivity contribution in [2.45, 2.75) is 20.3 Å². The molecule has 46 valence electrons. The third-order valence-electron chi connectivity index (χ3n) is 0.890. The molecule has 0 aromatic carbocycles. The summed E-state index contributed by atoms with van der Waals surface area (Å²) in [4.78, 5) is 9.96. The van der Waals surface area contributed by atoms with Gasteiger partial charge in [0.15, 0.2) is 0 Å². The Labute approximate surface area is 50.4 Å². The molecule has 8 heavy (non-hydrogen) atoms. The smallest absolute Gasteiger partial charge is 0.126 e. The molecule has 1 atom stereocenters. The Hall–Kier alpha value is -0.590. The summed E-state index contributed by atoms with van der Waals surface area (Å²) in [6, 6.07) is 0. The fraction of sp³-hybridized carbons (Fsp3) is 0.571. The first-order chi connectivity index (χ1) is 3.81. The number of aldehydes is 1. The van der Waals surface area contributed by atoms with Gasteiger partial charge in [-0.2, -0.15) is 0 Å². The van der Waals surface area contributed by atoms with E-state index < -0.39 is 0 Å². The molecule has 0 rings (SSSR count). The van der Waals surface area contributed by atoms with Crippen LogP contribution < -0.4 is 0 Å². The van der Waals surface area contributed by atoms with Gasteiger partial charge in [0.2, 0.25) is 0 Å². The van der Waals surface area contributed by atoms with Crippen LogP contribution in [0.5, 0.6) is 0 Å². The van der Waals surface area contributed by atoms with Crippen LogP contribution in [0.4, 0.5) is 0 Å². The van der Waals surface area contributed by atoms with Crippen LogP contribution in [0, 0.1) is 5.92 Å². The van der Waals surface area contributed by atoms with Crippen molar-refractivity contribution < 1.29 is 4.79 Å². The molecule has 1 nitrogen and oxygen atoms in total. The molecular formula is C7H12O. The van der Waals surface area contributed by atoms with Crippen molar-refractivity contribution in [1.82, 2.24) is 0 Å². The Morgan fingerprint density at radius 1 is 1.62 bits per heavy atom. The van der Waals surface area contributed by atoms with Gasteiger partial charge in [0.1, 0.15) is 6.29 Å². The Morgan fingerprint density at radius 2 is 2.25 bits per heavy atom. The van der Waals surface area contributed by atoms with Crippen LogP contribution in [0.1, 0.15) is 20.3 Å². The predicted molar refractivity (Wildman–Crippen MR) is 34.7 cm³/mol. The highest BCUT2D eigenvalue weighted by atomic mass is 16.1. The minimum Gasteiger partial charge on any atom is -0.303 e. The molecule has 0 fully saturated rings. The van der Waals surface area contributed by atoms with E-state index in [4.69, 9.17) is 0 Å². The highest BCUT2D eigenvalue weighted by Gasteiger charge is 1.87. The summed E-state index contributed by atoms with van der Waals surface area (Å²) in [5.74, 6) is 0.0925. The van der Waals surface area contributed by atoms with Gasteiger partial charge < -0.3 is 4.79 Å². The highest BCUT2D eigenvalue weighted by molar-refractivity contribution is 5.55. The predicted octanol–water partition coefficient (Wildman–Crippen LogP) is 1.79. The quantitative estimate of drug-likeness (QED) is 0.402. The number of hydrogen-bond acceptors (Lipinski definition) is 1. The van der Waals surface area contributed by atoms with Crippen LogP contribution in [0.15, 0.2) is 12.2 Å². The number of carbonyl (C=O) groups is 1. The Kier molecular flexibility index (Phi) is 4.23. The highest BCUT2D eigenvalue weighted by Crippen LogP contribution is 1.91. The van der Waals surface area contributed by atoms with Gasteiger partial charge in [-0.3, -0.25) is 0 Å². The molecule has 0 radical (unpaired) electrons. The summed E-state index contributed by atoms with van der Waals surface area (Å²) < 4.78 is 0. The maximum Gasteiger partial charge on any atom is 0.126 e. The molecule has 0 aliphatic rings. The van der Waals surface area contributed by atoms with E-state index in [1.807, 2.05) is 26.0 Å². The van der Waals surface area contributed by atoms with Gasteiger partial charge in [-0.25, -0.2) is 0 Å². The molecule has 0 amide bonds. The average molecular weight is 112 g/mol. The summed E-state index contributed by atoms with van der Waals surface area (Å²) in [5.41, 5.74) is 0. The fourth-order valence-electron chi connectivity index (χ4n) is 0.396. The van der Waals surface area contributed by atoms with Crippen LogP contribution in [0.3, 0.4) is 0 Å². The van der Waals surface area contributed by atoms with Crippen LogP contribution in [0.2, 0.25) is 0 Å². The zero-order valence-electron chi connectivity index (χ0n) is 5.42. The van der Waals surface area contributed by atoms with Crippen molar-refractivity contribution in [3.05, 3.63) is 12.2 Å². The van der Waals surface area contributed by atoms with Gasteiger partial charge in [0, 0.05) is 5.92 Å². The van der Waals surface area contributed by atoms with Crippen molar-refractivity contribution in [2.75, 3.05) is 0 Å². The van der Waals surface area contributed by atoms with E-state index in [1.54, 1.807) is 0 Å². The lowest BCUT2D eigenvalue weighted by Gasteiger charge is -1.88. The van der Waals surface area contributed by atoms with E-state index in [2.05, 4.69) is 0 Å². The largest absolute Gasteiger partial charge is 0.303 e. The molecular weight excluding hydrogens is 100 g/mol. The normalized spacial score (nSPS) is 14.2. The zero-order valence-corrected chi connectivity index (χ0v) is 5.42. The first kappa shape index (κ1) is 7.41. The SMILES string of the molecule is CCC=CC(C)C=O. The van der Waals surface area contributed by atoms with Crippen molar-refractivity contribution in [3.8, 4) is 0 Å². The van der Waals surface area contributed by atoms with Crippen molar-refractivity contribution in [3.63, 3.8) is 0 Å². The molecule has 0 saturated carbocycles. The van der Waals surface area contributed by atoms with Gasteiger partial charge in [-0.15, -0.1) is 0 Å². The minimum absolute atomic E-state index is 0.0925. The second kappa shape index (κ2) is 4.57. The van der Waals surface area contributed by atoms with E-state index in [-0.39, 0.29) is 5.92 Å². The lowest BCUT2D eigenvalue weighted by Crippen LogP contribution is -1.87. The van der Waals surface area contributed by atoms with Crippen LogP contribution in [-0.4, -0.2) is 6.29 Å². The number of carbonyl (C=O) groups excluding carboxylic acids is 1. The number of rotatable bonds is 3. The average Bonchev–Trinajstić information content (AvgIpc) is 1.83. The monoisotopic (exact) mass is 112 g/mol. The van der Waals surface area contributed by atoms with Gasteiger partial charge in [-0.05, 0) is 6.42 Å². The van der Waals surface area contributed by atoms with E-state index in [0.29, 0.717) is 0 Å². The van der Waals surface area contributed by atoms with Crippen molar-refractivity contribution >= 4 is 6.29 Å². The molecule has 0 aliphatic heterocycles. The van der Waals surface area contributed by atoms with E-state index in [1.165, 1.54) is 0 Å². The number of allylic oxidation sites excluding steroid dienone is 2. The second-order valence-electron chi connectivity index (χ2n) is 1.83. The maximum atomic E-state index is 9.96. The van der Waals surface area contributed by atoms with Gasteiger partial charge in [0.05, 0.1) is 0 Å². The third kappa shape index (κ3) is 3.59. The molecule has 0 aliphatic carbocycles. The zero-order chi connectivity index (χ0) is 6.41. The first-order valence-electron chi connectivity index (χ1n) is 2.93. The molecule has 0 aromatic rings. The second-order valence-corrected chi connectivity index (χ2v) is 1.83. The number of hydrogen-bond donors (Lipinski definition) is 0. The minimum atomic E-state index is 0.0925. The molecule has 1 unspecified atom stereocenters. The van der Waals surface area contributed by atoms with E-state index in [0.717, 1.165) is 12.7 Å². The van der Waals surface area contributed by atoms with Gasteiger partial charge >= 0.3 is 0 Å². The van der Waals surface area contributed by atoms with Crippen LogP contribution in [-0.2, 0) is 4.79 Å². The van der Waals surface area contributed by atoms with E-state index in [9.17, 15) is 4.79 Å². The summed E-state index contributed by atoms with van der Waals surface area (Å²) in [7, 11) is 0. The van der Waals surface area contributed by atoms with Crippen molar-refractivity contribution in [2.24, 2.45) is 5.92 Å². The standard InChI is InChI=1S/C7H12O/c1-3-4-5-7(2)6-8/h4-7H,3H2,1-2H3. The fourth-order valence-corrected chi connectivity index (χ4v) is 0.396. The lowest BCUT2D eigenvalue weighted by atomic mass is 10.2. The third-order valence-corrected chi connectivity index (χ3v) is 0.890. The maximum absolute atomic E-state index is 9.96. The lowest BCUT2D eigenvalue weighted by molar-refractivity contribution is -0.109.